The first-order valence-corrected chi connectivity index (χ1v) is 8.56. The average Bonchev–Trinajstić information content (AvgIpc) is 3.07. The fraction of sp³-hybridized carbons (Fsp3) is 0.211. The third-order valence-electron chi connectivity index (χ3n) is 4.93. The van der Waals surface area contributed by atoms with Gasteiger partial charge in [-0.05, 0) is 42.2 Å². The van der Waals surface area contributed by atoms with Crippen molar-refractivity contribution in [1.29, 1.82) is 0 Å². The Hall–Kier alpha value is -1.97. The van der Waals surface area contributed by atoms with Crippen molar-refractivity contribution in [3.8, 4) is 0 Å². The molecule has 3 atom stereocenters. The summed E-state index contributed by atoms with van der Waals surface area (Å²) in [6.07, 6.45) is 5.33. The summed E-state index contributed by atoms with van der Waals surface area (Å²) >= 11 is 12.8. The Morgan fingerprint density at radius 3 is 2.50 bits per heavy atom. The van der Waals surface area contributed by atoms with Crippen LogP contribution in [0.5, 0.6) is 0 Å². The van der Waals surface area contributed by atoms with Gasteiger partial charge in [0.25, 0.3) is 0 Å². The Morgan fingerprint density at radius 1 is 1.08 bits per heavy atom. The van der Waals surface area contributed by atoms with Crippen LogP contribution in [0.1, 0.15) is 39.9 Å². The fourth-order valence-corrected chi connectivity index (χ4v) is 4.29. The molecule has 0 unspecified atom stereocenters. The molecule has 0 aromatic heterocycles. The monoisotopic (exact) mass is 359 g/mol. The number of carboxylic acids is 1. The lowest BCUT2D eigenvalue weighted by Crippen LogP contribution is -2.29. The third kappa shape index (κ3) is 2.40. The largest absolute Gasteiger partial charge is 0.478 e. The number of halogens is 2. The molecule has 5 heteroatoms. The van der Waals surface area contributed by atoms with Crippen molar-refractivity contribution in [1.82, 2.24) is 0 Å². The van der Waals surface area contributed by atoms with Gasteiger partial charge in [0.15, 0.2) is 0 Å². The van der Waals surface area contributed by atoms with Gasteiger partial charge in [0.1, 0.15) is 0 Å². The lowest BCUT2D eigenvalue weighted by molar-refractivity contribution is 0.0697. The highest BCUT2D eigenvalue weighted by Gasteiger charge is 2.39. The molecule has 0 saturated carbocycles. The van der Waals surface area contributed by atoms with Crippen LogP contribution in [0.25, 0.3) is 0 Å². The van der Waals surface area contributed by atoms with Gasteiger partial charge in [0.05, 0.1) is 22.3 Å². The van der Waals surface area contributed by atoms with E-state index in [4.69, 9.17) is 28.3 Å². The number of anilines is 1. The summed E-state index contributed by atoms with van der Waals surface area (Å²) in [7, 11) is 0. The molecule has 2 N–H and O–H groups in total. The predicted octanol–water partition coefficient (Wildman–Crippen LogP) is 5.52. The molecule has 0 radical (unpaired) electrons. The maximum atomic E-state index is 11.1. The van der Waals surface area contributed by atoms with Gasteiger partial charge in [0, 0.05) is 16.5 Å². The molecule has 122 valence electrons. The number of rotatable bonds is 2. The van der Waals surface area contributed by atoms with Crippen molar-refractivity contribution >= 4 is 34.9 Å². The summed E-state index contributed by atoms with van der Waals surface area (Å²) in [5.74, 6) is -0.362. The first kappa shape index (κ1) is 15.6. The molecule has 24 heavy (non-hydrogen) atoms. The van der Waals surface area contributed by atoms with Crippen LogP contribution in [0.4, 0.5) is 5.69 Å². The second-order valence-corrected chi connectivity index (χ2v) is 7.03. The number of aromatic carboxylic acids is 1. The molecule has 1 heterocycles. The lowest BCUT2D eigenvalue weighted by Gasteiger charge is -2.38. The number of nitrogens with one attached hydrogen (secondary N) is 1. The quantitative estimate of drug-likeness (QED) is 0.694. The Morgan fingerprint density at radius 2 is 1.79 bits per heavy atom. The molecule has 0 amide bonds. The Bertz CT molecular complexity index is 845. The van der Waals surface area contributed by atoms with E-state index in [-0.39, 0.29) is 17.5 Å². The molecule has 2 aromatic rings. The zero-order valence-corrected chi connectivity index (χ0v) is 14.2. The minimum Gasteiger partial charge on any atom is -0.478 e. The van der Waals surface area contributed by atoms with Crippen LogP contribution in [0.2, 0.25) is 10.0 Å². The number of hydrogen-bond acceptors (Lipinski definition) is 2. The van der Waals surface area contributed by atoms with Crippen molar-refractivity contribution < 1.29 is 9.90 Å². The van der Waals surface area contributed by atoms with Crippen LogP contribution in [0, 0.1) is 5.92 Å². The highest BCUT2D eigenvalue weighted by atomic mass is 35.5. The minimum atomic E-state index is -0.918. The summed E-state index contributed by atoms with van der Waals surface area (Å²) in [6.45, 7) is 0. The van der Waals surface area contributed by atoms with Crippen LogP contribution in [0.15, 0.2) is 48.6 Å². The number of carbonyl (C=O) groups is 1. The first-order chi connectivity index (χ1) is 11.6. The molecule has 2 aliphatic rings. The Labute approximate surface area is 149 Å². The summed E-state index contributed by atoms with van der Waals surface area (Å²) in [5, 5.41) is 14.0. The van der Waals surface area contributed by atoms with Crippen LogP contribution >= 0.6 is 23.2 Å². The summed E-state index contributed by atoms with van der Waals surface area (Å²) in [4.78, 5) is 11.1. The Balaban J connectivity index is 1.78. The first-order valence-electron chi connectivity index (χ1n) is 7.80. The van der Waals surface area contributed by atoms with Gasteiger partial charge in [-0.3, -0.25) is 0 Å². The summed E-state index contributed by atoms with van der Waals surface area (Å²) in [6, 6.07) is 10.8. The van der Waals surface area contributed by atoms with Crippen molar-refractivity contribution in [3.63, 3.8) is 0 Å². The van der Waals surface area contributed by atoms with Crippen molar-refractivity contribution in [2.45, 2.75) is 18.4 Å². The summed E-state index contributed by atoms with van der Waals surface area (Å²) < 4.78 is 0. The maximum absolute atomic E-state index is 11.1. The molecule has 2 aromatic carbocycles. The minimum absolute atomic E-state index is 0.0660. The van der Waals surface area contributed by atoms with Crippen LogP contribution in [-0.2, 0) is 0 Å². The van der Waals surface area contributed by atoms with E-state index in [0.717, 1.165) is 28.3 Å². The summed E-state index contributed by atoms with van der Waals surface area (Å²) in [5.41, 5.74) is 3.28. The zero-order valence-electron chi connectivity index (χ0n) is 12.7. The van der Waals surface area contributed by atoms with Crippen LogP contribution in [-0.4, -0.2) is 11.1 Å². The zero-order chi connectivity index (χ0) is 16.8. The molecular formula is C19H15Cl2NO2. The average molecular weight is 360 g/mol. The fourth-order valence-electron chi connectivity index (χ4n) is 3.79. The molecule has 4 rings (SSSR count). The van der Waals surface area contributed by atoms with Crippen molar-refractivity contribution in [2.24, 2.45) is 5.92 Å². The molecule has 0 saturated heterocycles. The molecular weight excluding hydrogens is 345 g/mol. The molecule has 0 fully saturated rings. The van der Waals surface area contributed by atoms with Gasteiger partial charge in [-0.2, -0.15) is 0 Å². The van der Waals surface area contributed by atoms with E-state index >= 15 is 0 Å². The lowest BCUT2D eigenvalue weighted by atomic mass is 9.77. The van der Waals surface area contributed by atoms with E-state index in [0.29, 0.717) is 10.9 Å². The van der Waals surface area contributed by atoms with E-state index in [2.05, 4.69) is 17.5 Å². The van der Waals surface area contributed by atoms with E-state index in [1.54, 1.807) is 18.2 Å². The van der Waals surface area contributed by atoms with E-state index in [1.807, 2.05) is 18.2 Å². The SMILES string of the molecule is O=C(O)c1ccc([C@@H]2Nc3c(Cl)ccc(Cl)c3[C@H]3C=CC[C@H]32)cc1. The molecule has 0 bridgehead atoms. The van der Waals surface area contributed by atoms with E-state index in [9.17, 15) is 4.79 Å². The molecule has 0 spiro atoms. The highest BCUT2D eigenvalue weighted by Crippen LogP contribution is 2.53. The standard InChI is InChI=1S/C19H15Cl2NO2/c20-14-8-9-15(21)18-16(14)12-2-1-3-13(12)17(22-18)10-4-6-11(7-5-10)19(23)24/h1-2,4-9,12-13,17,22H,3H2,(H,23,24)/t12-,13+,17-/m0/s1. The van der Waals surface area contributed by atoms with Crippen molar-refractivity contribution in [2.75, 3.05) is 5.32 Å². The second kappa shape index (κ2) is 5.83. The number of carboxylic acid groups (broad SMARTS) is 1. The van der Waals surface area contributed by atoms with Crippen molar-refractivity contribution in [3.05, 3.63) is 75.3 Å². The number of benzene rings is 2. The Kier molecular flexibility index (Phi) is 3.78. The van der Waals surface area contributed by atoms with Gasteiger partial charge in [-0.15, -0.1) is 0 Å². The van der Waals surface area contributed by atoms with Crippen LogP contribution < -0.4 is 5.32 Å². The topological polar surface area (TPSA) is 49.3 Å². The predicted molar refractivity (Wildman–Crippen MR) is 96.2 cm³/mol. The maximum Gasteiger partial charge on any atom is 0.335 e. The molecule has 3 nitrogen and oxygen atoms in total. The van der Waals surface area contributed by atoms with Gasteiger partial charge < -0.3 is 10.4 Å². The van der Waals surface area contributed by atoms with Gasteiger partial charge >= 0.3 is 5.97 Å². The van der Waals surface area contributed by atoms with Gasteiger partial charge in [0.2, 0.25) is 0 Å². The molecule has 1 aliphatic carbocycles. The van der Waals surface area contributed by atoms with E-state index in [1.165, 1.54) is 0 Å². The van der Waals surface area contributed by atoms with Gasteiger partial charge in [-0.25, -0.2) is 4.79 Å². The smallest absolute Gasteiger partial charge is 0.335 e. The van der Waals surface area contributed by atoms with Crippen LogP contribution in [0.3, 0.4) is 0 Å². The third-order valence-corrected chi connectivity index (χ3v) is 5.58. The molecule has 1 aliphatic heterocycles. The number of allylic oxidation sites excluding steroid dienone is 2. The second-order valence-electron chi connectivity index (χ2n) is 6.22. The normalized spacial score (nSPS) is 24.2. The highest BCUT2D eigenvalue weighted by molar-refractivity contribution is 6.36. The number of fused-ring (bicyclic) bond motifs is 3. The van der Waals surface area contributed by atoms with E-state index < -0.39 is 5.97 Å². The van der Waals surface area contributed by atoms with Gasteiger partial charge in [-0.1, -0.05) is 47.5 Å². The number of hydrogen-bond donors (Lipinski definition) is 2.